The summed E-state index contributed by atoms with van der Waals surface area (Å²) in [7, 11) is 0. The molecule has 0 saturated carbocycles. The van der Waals surface area contributed by atoms with Gasteiger partial charge in [0.25, 0.3) is 0 Å². The van der Waals surface area contributed by atoms with Crippen molar-refractivity contribution in [3.05, 3.63) is 58.4 Å². The highest BCUT2D eigenvalue weighted by atomic mass is 16.3. The van der Waals surface area contributed by atoms with Crippen LogP contribution < -0.4 is 0 Å². The van der Waals surface area contributed by atoms with Crippen LogP contribution in [0.1, 0.15) is 134 Å². The molecule has 0 aromatic heterocycles. The lowest BCUT2D eigenvalue weighted by Gasteiger charge is -2.38. The summed E-state index contributed by atoms with van der Waals surface area (Å²) in [5.41, 5.74) is 7.13. The summed E-state index contributed by atoms with van der Waals surface area (Å²) in [5.74, 6) is 0.479. The van der Waals surface area contributed by atoms with Gasteiger partial charge in [0, 0.05) is 11.3 Å². The van der Waals surface area contributed by atoms with E-state index in [-0.39, 0.29) is 11.3 Å². The van der Waals surface area contributed by atoms with Gasteiger partial charge in [0.05, 0.1) is 11.9 Å². The summed E-state index contributed by atoms with van der Waals surface area (Å²) in [4.78, 5) is 0. The minimum absolute atomic E-state index is 0.0497. The van der Waals surface area contributed by atoms with Crippen molar-refractivity contribution in [3.63, 3.8) is 0 Å². The quantitative estimate of drug-likeness (QED) is 0.134. The van der Waals surface area contributed by atoms with E-state index in [2.05, 4.69) is 93.0 Å². The zero-order valence-electron chi connectivity index (χ0n) is 27.0. The largest absolute Gasteiger partial charge is 0.513 e. The fraction of sp³-hybridized carbons (Fsp3) is 0.667. The van der Waals surface area contributed by atoms with Crippen molar-refractivity contribution in [3.8, 4) is 12.8 Å². The van der Waals surface area contributed by atoms with Gasteiger partial charge in [-0.2, -0.15) is 0 Å². The number of aliphatic hydroxyl groups is 2. The minimum Gasteiger partial charge on any atom is -0.513 e. The van der Waals surface area contributed by atoms with E-state index in [0.29, 0.717) is 11.2 Å². The second-order valence-corrected chi connectivity index (χ2v) is 12.2. The third-order valence-corrected chi connectivity index (χ3v) is 8.32. The predicted octanol–water partition coefficient (Wildman–Crippen LogP) is 11.1. The van der Waals surface area contributed by atoms with E-state index in [0.717, 1.165) is 44.1 Å². The summed E-state index contributed by atoms with van der Waals surface area (Å²) >= 11 is 0. The molecule has 0 saturated heterocycles. The number of allylic oxidation sites excluding steroid dienone is 7. The molecule has 1 rings (SSSR count). The minimum atomic E-state index is -0.417. The molecular formula is C36H62O2. The van der Waals surface area contributed by atoms with E-state index >= 15 is 0 Å². The topological polar surface area (TPSA) is 40.5 Å². The summed E-state index contributed by atoms with van der Waals surface area (Å²) in [6.45, 7) is 27.7. The second kappa shape index (κ2) is 19.1. The Morgan fingerprint density at radius 1 is 1.05 bits per heavy atom. The number of hydrogen-bond donors (Lipinski definition) is 2. The molecule has 218 valence electrons. The summed E-state index contributed by atoms with van der Waals surface area (Å²) in [5, 5.41) is 19.8. The van der Waals surface area contributed by atoms with Gasteiger partial charge >= 0.3 is 0 Å². The average Bonchev–Trinajstić information content (AvgIpc) is 2.86. The van der Waals surface area contributed by atoms with Crippen molar-refractivity contribution in [2.24, 2.45) is 16.7 Å². The molecule has 0 radical (unpaired) electrons. The van der Waals surface area contributed by atoms with Gasteiger partial charge < -0.3 is 10.2 Å². The van der Waals surface area contributed by atoms with Crippen LogP contribution in [0.25, 0.3) is 0 Å². The molecule has 0 spiro atoms. The lowest BCUT2D eigenvalue weighted by molar-refractivity contribution is 0.241. The average molecular weight is 527 g/mol. The molecule has 2 unspecified atom stereocenters. The molecule has 38 heavy (non-hydrogen) atoms. The smallest absolute Gasteiger partial charge is 0.0934 e. The van der Waals surface area contributed by atoms with Crippen molar-refractivity contribution >= 4 is 0 Å². The van der Waals surface area contributed by atoms with E-state index in [1.165, 1.54) is 41.6 Å². The molecule has 1 aliphatic rings. The van der Waals surface area contributed by atoms with E-state index < -0.39 is 6.10 Å². The van der Waals surface area contributed by atoms with Gasteiger partial charge in [0.1, 0.15) is 0 Å². The highest BCUT2D eigenvalue weighted by Crippen LogP contribution is 2.44. The van der Waals surface area contributed by atoms with Crippen LogP contribution in [0.5, 0.6) is 0 Å². The summed E-state index contributed by atoms with van der Waals surface area (Å²) < 4.78 is 0. The Balaban J connectivity index is 0. The van der Waals surface area contributed by atoms with Crippen LogP contribution in [0.3, 0.4) is 0 Å². The fourth-order valence-electron chi connectivity index (χ4n) is 4.78. The van der Waals surface area contributed by atoms with Gasteiger partial charge in [-0.15, -0.1) is 12.8 Å². The van der Waals surface area contributed by atoms with Gasteiger partial charge in [0.2, 0.25) is 0 Å². The van der Waals surface area contributed by atoms with Crippen LogP contribution in [-0.2, 0) is 0 Å². The highest BCUT2D eigenvalue weighted by Gasteiger charge is 2.33. The Hall–Kier alpha value is -1.98. The molecule has 0 aliphatic heterocycles. The molecule has 0 aromatic carbocycles. The Kier molecular flexibility index (Phi) is 19.2. The first kappa shape index (κ1) is 38.2. The molecule has 1 aliphatic carbocycles. The molecule has 0 amide bonds. The molecule has 0 bridgehead atoms. The summed E-state index contributed by atoms with van der Waals surface area (Å²) in [6, 6.07) is 0. The first-order valence-corrected chi connectivity index (χ1v) is 14.8. The van der Waals surface area contributed by atoms with Gasteiger partial charge in [-0.1, -0.05) is 95.6 Å². The van der Waals surface area contributed by atoms with Crippen LogP contribution in [0.4, 0.5) is 0 Å². The zero-order chi connectivity index (χ0) is 30.1. The normalized spacial score (nSPS) is 18.5. The number of terminal acetylenes is 1. The molecule has 2 heteroatoms. The SMILES string of the molecule is C#C.C=C(O)C(C)CC/C=C(\C)CCC/C(C)=C/CCC(C)(C)CCC1=CC(O)C(C)=C(C)C1(C)C.CC. The predicted molar refractivity (Wildman–Crippen MR) is 171 cm³/mol. The van der Waals surface area contributed by atoms with Gasteiger partial charge in [-0.05, 0) is 96.5 Å². The number of hydrogen-bond acceptors (Lipinski definition) is 2. The van der Waals surface area contributed by atoms with Gasteiger partial charge in [-0.3, -0.25) is 0 Å². The van der Waals surface area contributed by atoms with Crippen molar-refractivity contribution < 1.29 is 10.2 Å². The molecule has 0 aromatic rings. The summed E-state index contributed by atoms with van der Waals surface area (Å²) in [6.07, 6.45) is 24.5. The van der Waals surface area contributed by atoms with Crippen LogP contribution in [0.2, 0.25) is 0 Å². The van der Waals surface area contributed by atoms with Crippen molar-refractivity contribution in [1.29, 1.82) is 0 Å². The number of rotatable bonds is 14. The second-order valence-electron chi connectivity index (χ2n) is 12.2. The van der Waals surface area contributed by atoms with E-state index in [4.69, 9.17) is 0 Å². The molecule has 2 nitrogen and oxygen atoms in total. The molecule has 0 fully saturated rings. The van der Waals surface area contributed by atoms with Crippen molar-refractivity contribution in [1.82, 2.24) is 0 Å². The third kappa shape index (κ3) is 14.2. The van der Waals surface area contributed by atoms with Crippen LogP contribution in [-0.4, -0.2) is 16.3 Å². The lowest BCUT2D eigenvalue weighted by atomic mass is 9.68. The molecule has 2 N–H and O–H groups in total. The molecule has 0 heterocycles. The Bertz CT molecular complexity index is 842. The Labute approximate surface area is 238 Å². The standard InChI is InChI=1S/C32H54O2.C2H6.C2H2/c1-23(16-12-18-25(3)28(6)33)14-11-15-24(2)17-13-20-31(7,8)21-19-29-22-30(34)26(4)27(5)32(29,9)10;2*1-2/h16-17,22,25,30,33-34H,6,11-15,18-21H2,1-5,7-10H3;1-2H3;1-2H/b23-16+,24-17+;;. The first-order chi connectivity index (χ1) is 17.7. The lowest BCUT2D eigenvalue weighted by Crippen LogP contribution is -2.27. The van der Waals surface area contributed by atoms with Crippen LogP contribution in [0.15, 0.2) is 58.4 Å². The van der Waals surface area contributed by atoms with E-state index in [1.54, 1.807) is 0 Å². The maximum Gasteiger partial charge on any atom is 0.0934 e. The molecule has 2 atom stereocenters. The van der Waals surface area contributed by atoms with Crippen molar-refractivity contribution in [2.75, 3.05) is 0 Å². The highest BCUT2D eigenvalue weighted by molar-refractivity contribution is 5.38. The Morgan fingerprint density at radius 2 is 1.55 bits per heavy atom. The fourth-order valence-corrected chi connectivity index (χ4v) is 4.78. The van der Waals surface area contributed by atoms with Crippen LogP contribution >= 0.6 is 0 Å². The van der Waals surface area contributed by atoms with Gasteiger partial charge in [0.15, 0.2) is 0 Å². The van der Waals surface area contributed by atoms with Crippen LogP contribution in [0, 0.1) is 29.6 Å². The zero-order valence-corrected chi connectivity index (χ0v) is 27.0. The Morgan fingerprint density at radius 3 is 2.05 bits per heavy atom. The number of aliphatic hydroxyl groups excluding tert-OH is 2. The third-order valence-electron chi connectivity index (χ3n) is 8.32. The first-order valence-electron chi connectivity index (χ1n) is 14.8. The van der Waals surface area contributed by atoms with Gasteiger partial charge in [-0.25, -0.2) is 0 Å². The van der Waals surface area contributed by atoms with E-state index in [9.17, 15) is 10.2 Å². The van der Waals surface area contributed by atoms with E-state index in [1.807, 2.05) is 20.8 Å². The maximum atomic E-state index is 10.4. The maximum absolute atomic E-state index is 10.4. The monoisotopic (exact) mass is 526 g/mol. The molecular weight excluding hydrogens is 464 g/mol. The van der Waals surface area contributed by atoms with Crippen molar-refractivity contribution in [2.45, 2.75) is 140 Å².